The van der Waals surface area contributed by atoms with Gasteiger partial charge in [-0.3, -0.25) is 0 Å². The van der Waals surface area contributed by atoms with E-state index in [1.54, 1.807) is 0 Å². The first-order valence-corrected chi connectivity index (χ1v) is 8.59. The lowest BCUT2D eigenvalue weighted by molar-refractivity contribution is -0.679. The zero-order chi connectivity index (χ0) is 17.2. The number of aromatic nitrogens is 2. The van der Waals surface area contributed by atoms with Crippen molar-refractivity contribution in [2.24, 2.45) is 0 Å². The quantitative estimate of drug-likeness (QED) is 0.443. The van der Waals surface area contributed by atoms with Gasteiger partial charge in [-0.15, -0.1) is 0 Å². The summed E-state index contributed by atoms with van der Waals surface area (Å²) in [6.45, 7) is 3.94. The summed E-state index contributed by atoms with van der Waals surface area (Å²) >= 11 is 6.11. The van der Waals surface area contributed by atoms with Gasteiger partial charge in [0.1, 0.15) is 0 Å². The predicted molar refractivity (Wildman–Crippen MR) is 104 cm³/mol. The van der Waals surface area contributed by atoms with Crippen molar-refractivity contribution < 1.29 is 4.57 Å². The maximum absolute atomic E-state index is 6.11. The fourth-order valence-electron chi connectivity index (χ4n) is 3.30. The Kier molecular flexibility index (Phi) is 4.12. The smallest absolute Gasteiger partial charge is 0.218 e. The Morgan fingerprint density at radius 3 is 2.20 bits per heavy atom. The van der Waals surface area contributed by atoms with Gasteiger partial charge in [-0.25, -0.2) is 9.13 Å². The number of imidazole rings is 1. The van der Waals surface area contributed by atoms with Crippen LogP contribution in [0.25, 0.3) is 17.2 Å². The van der Waals surface area contributed by atoms with E-state index >= 15 is 0 Å². The minimum atomic E-state index is 0.0598. The molecule has 4 aromatic rings. The molecule has 0 fully saturated rings. The van der Waals surface area contributed by atoms with Crippen molar-refractivity contribution >= 4 is 28.8 Å². The molecule has 0 amide bonds. The maximum Gasteiger partial charge on any atom is 0.250 e. The Morgan fingerprint density at radius 2 is 1.48 bits per heavy atom. The number of para-hydroxylation sites is 2. The second kappa shape index (κ2) is 6.58. The van der Waals surface area contributed by atoms with E-state index in [4.69, 9.17) is 11.6 Å². The van der Waals surface area contributed by atoms with Gasteiger partial charge in [0.05, 0.1) is 6.20 Å². The molecule has 1 aromatic heterocycles. The van der Waals surface area contributed by atoms with E-state index < -0.39 is 0 Å². The Hall–Kier alpha value is -2.84. The van der Waals surface area contributed by atoms with Crippen LogP contribution in [0.4, 0.5) is 0 Å². The summed E-state index contributed by atoms with van der Waals surface area (Å²) in [5, 5.41) is 0.745. The number of hydrogen-bond donors (Lipinski definition) is 0. The zero-order valence-electron chi connectivity index (χ0n) is 13.7. The number of fused-ring (bicyclic) bond motifs is 1. The van der Waals surface area contributed by atoms with Gasteiger partial charge in [-0.2, -0.15) is 0 Å². The lowest BCUT2D eigenvalue weighted by atomic mass is 9.98. The molecular formula is C22H18ClN2+. The molecule has 4 rings (SSSR count). The second-order valence-electron chi connectivity index (χ2n) is 5.97. The molecule has 0 aliphatic carbocycles. The highest BCUT2D eigenvalue weighted by atomic mass is 35.5. The van der Waals surface area contributed by atoms with E-state index in [-0.39, 0.29) is 6.04 Å². The van der Waals surface area contributed by atoms with Crippen LogP contribution in [0.1, 0.15) is 17.2 Å². The molecule has 0 aliphatic rings. The van der Waals surface area contributed by atoms with E-state index in [2.05, 4.69) is 76.6 Å². The van der Waals surface area contributed by atoms with Crippen molar-refractivity contribution in [3.63, 3.8) is 0 Å². The van der Waals surface area contributed by atoms with Gasteiger partial charge in [0.2, 0.25) is 6.33 Å². The van der Waals surface area contributed by atoms with Crippen LogP contribution >= 0.6 is 11.6 Å². The SMILES string of the molecule is C=Cn1c[n+]([C@@H](c2ccccc2)c2ccc(Cl)cc2)c2ccccc21. The molecule has 0 N–H and O–H groups in total. The molecule has 0 saturated carbocycles. The van der Waals surface area contributed by atoms with Gasteiger partial charge in [0.25, 0.3) is 0 Å². The van der Waals surface area contributed by atoms with Gasteiger partial charge in [-0.1, -0.05) is 72.8 Å². The van der Waals surface area contributed by atoms with Crippen LogP contribution in [0.2, 0.25) is 5.02 Å². The number of nitrogens with zero attached hydrogens (tertiary/aromatic N) is 2. The fraction of sp³-hybridized carbons (Fsp3) is 0.0455. The Balaban J connectivity index is 1.99. The average molecular weight is 346 g/mol. The molecule has 25 heavy (non-hydrogen) atoms. The van der Waals surface area contributed by atoms with Crippen molar-refractivity contribution in [2.45, 2.75) is 6.04 Å². The molecule has 0 aliphatic heterocycles. The molecule has 3 heteroatoms. The standard InChI is InChI=1S/C22H18ClN2/c1-2-24-16-25(21-11-7-6-10-20(21)24)22(17-8-4-3-5-9-17)18-12-14-19(23)15-13-18/h2-16,22H,1H2/q+1/t22-/m0/s1. The highest BCUT2D eigenvalue weighted by molar-refractivity contribution is 6.30. The van der Waals surface area contributed by atoms with Gasteiger partial charge < -0.3 is 0 Å². The molecule has 122 valence electrons. The molecule has 3 aromatic carbocycles. The molecule has 1 heterocycles. The third kappa shape index (κ3) is 2.86. The van der Waals surface area contributed by atoms with E-state index in [1.165, 1.54) is 11.1 Å². The van der Waals surface area contributed by atoms with E-state index in [1.807, 2.05) is 30.5 Å². The highest BCUT2D eigenvalue weighted by Crippen LogP contribution is 2.25. The van der Waals surface area contributed by atoms with Gasteiger partial charge in [-0.05, 0) is 24.3 Å². The van der Waals surface area contributed by atoms with Crippen LogP contribution in [0, 0.1) is 0 Å². The summed E-state index contributed by atoms with van der Waals surface area (Å²) in [7, 11) is 0. The van der Waals surface area contributed by atoms with Crippen LogP contribution in [0.3, 0.4) is 0 Å². The maximum atomic E-state index is 6.11. The van der Waals surface area contributed by atoms with Crippen LogP contribution in [0.15, 0.2) is 91.8 Å². The van der Waals surface area contributed by atoms with Crippen LogP contribution < -0.4 is 4.57 Å². The number of hydrogen-bond acceptors (Lipinski definition) is 0. The Bertz CT molecular complexity index is 1020. The molecule has 0 bridgehead atoms. The molecule has 0 saturated heterocycles. The lowest BCUT2D eigenvalue weighted by Crippen LogP contribution is -2.39. The predicted octanol–water partition coefficient (Wildman–Crippen LogP) is 5.32. The van der Waals surface area contributed by atoms with Crippen LogP contribution in [-0.4, -0.2) is 4.57 Å². The van der Waals surface area contributed by atoms with E-state index in [0.29, 0.717) is 0 Å². The third-order valence-corrected chi connectivity index (χ3v) is 4.71. The van der Waals surface area contributed by atoms with E-state index in [9.17, 15) is 0 Å². The molecule has 1 atom stereocenters. The summed E-state index contributed by atoms with van der Waals surface area (Å²) < 4.78 is 4.34. The second-order valence-corrected chi connectivity index (χ2v) is 6.40. The minimum Gasteiger partial charge on any atom is -0.218 e. The fourth-order valence-corrected chi connectivity index (χ4v) is 3.43. The summed E-state index contributed by atoms with van der Waals surface area (Å²) in [6, 6.07) is 27.0. The number of rotatable bonds is 4. The zero-order valence-corrected chi connectivity index (χ0v) is 14.5. The van der Waals surface area contributed by atoms with Crippen LogP contribution in [-0.2, 0) is 0 Å². The summed E-state index contributed by atoms with van der Waals surface area (Å²) in [5.41, 5.74) is 4.70. The Labute approximate surface area is 152 Å². The van der Waals surface area contributed by atoms with Crippen molar-refractivity contribution in [3.05, 3.63) is 108 Å². The summed E-state index contributed by atoms with van der Waals surface area (Å²) in [6.07, 6.45) is 3.94. The first-order valence-electron chi connectivity index (χ1n) is 8.21. The van der Waals surface area contributed by atoms with Crippen molar-refractivity contribution in [2.75, 3.05) is 0 Å². The van der Waals surface area contributed by atoms with Crippen molar-refractivity contribution in [1.82, 2.24) is 4.57 Å². The third-order valence-electron chi connectivity index (χ3n) is 4.46. The largest absolute Gasteiger partial charge is 0.250 e. The average Bonchev–Trinajstić information content (AvgIpc) is 3.03. The van der Waals surface area contributed by atoms with Gasteiger partial charge in [0.15, 0.2) is 17.1 Å². The Morgan fingerprint density at radius 1 is 0.840 bits per heavy atom. The summed E-state index contributed by atoms with van der Waals surface area (Å²) in [4.78, 5) is 0. The highest BCUT2D eigenvalue weighted by Gasteiger charge is 2.25. The van der Waals surface area contributed by atoms with Crippen LogP contribution in [0.5, 0.6) is 0 Å². The molecular weight excluding hydrogens is 328 g/mol. The van der Waals surface area contributed by atoms with Gasteiger partial charge in [0, 0.05) is 16.1 Å². The molecule has 0 unspecified atom stereocenters. The van der Waals surface area contributed by atoms with Crippen molar-refractivity contribution in [1.29, 1.82) is 0 Å². The molecule has 0 radical (unpaired) electrons. The monoisotopic (exact) mass is 345 g/mol. The number of benzene rings is 3. The number of halogens is 1. The minimum absolute atomic E-state index is 0.0598. The summed E-state index contributed by atoms with van der Waals surface area (Å²) in [5.74, 6) is 0. The van der Waals surface area contributed by atoms with Crippen molar-refractivity contribution in [3.8, 4) is 0 Å². The lowest BCUT2D eigenvalue weighted by Gasteiger charge is -2.16. The van der Waals surface area contributed by atoms with E-state index in [0.717, 1.165) is 16.1 Å². The first-order chi connectivity index (χ1) is 12.3. The molecule has 2 nitrogen and oxygen atoms in total. The normalized spacial score (nSPS) is 12.2. The molecule has 0 spiro atoms. The van der Waals surface area contributed by atoms with Gasteiger partial charge >= 0.3 is 0 Å². The first kappa shape index (κ1) is 15.7. The topological polar surface area (TPSA) is 8.81 Å².